The van der Waals surface area contributed by atoms with Crippen LogP contribution in [0.1, 0.15) is 29.8 Å². The van der Waals surface area contributed by atoms with Crippen LogP contribution in [0.5, 0.6) is 0 Å². The smallest absolute Gasteiger partial charge is 0.251 e. The molecule has 0 bridgehead atoms. The average molecular weight is 390 g/mol. The zero-order valence-corrected chi connectivity index (χ0v) is 17.1. The summed E-state index contributed by atoms with van der Waals surface area (Å²) >= 11 is 0. The number of rotatable bonds is 8. The van der Waals surface area contributed by atoms with Crippen LogP contribution in [0.3, 0.4) is 0 Å². The molecule has 27 heavy (non-hydrogen) atoms. The monoisotopic (exact) mass is 389 g/mol. The zero-order chi connectivity index (χ0) is 20.0. The first-order valence-corrected chi connectivity index (χ1v) is 10.8. The molecule has 0 aromatic heterocycles. The number of carbonyl (C=O) groups is 1. The van der Waals surface area contributed by atoms with Crippen molar-refractivity contribution >= 4 is 27.3 Å². The molecule has 0 heterocycles. The zero-order valence-electron chi connectivity index (χ0n) is 16.3. The van der Waals surface area contributed by atoms with Crippen molar-refractivity contribution < 1.29 is 13.2 Å². The minimum Gasteiger partial charge on any atom is -0.372 e. The molecule has 0 unspecified atom stereocenters. The average Bonchev–Trinajstić information content (AvgIpc) is 2.66. The Morgan fingerprint density at radius 3 is 2.19 bits per heavy atom. The highest BCUT2D eigenvalue weighted by atomic mass is 32.2. The number of amides is 1. The van der Waals surface area contributed by atoms with E-state index in [1.807, 2.05) is 12.1 Å². The molecule has 0 fully saturated rings. The van der Waals surface area contributed by atoms with Gasteiger partial charge in [0.2, 0.25) is 10.0 Å². The van der Waals surface area contributed by atoms with Crippen molar-refractivity contribution in [3.05, 3.63) is 59.7 Å². The summed E-state index contributed by atoms with van der Waals surface area (Å²) in [6.07, 6.45) is 1.13. The number of hydrogen-bond donors (Lipinski definition) is 1. The SMILES string of the molecule is CCN(CC)c1ccc(CNC(=O)c2cccc(N(C)S(C)(=O)=O)c2)cc1. The van der Waals surface area contributed by atoms with E-state index in [-0.39, 0.29) is 5.91 Å². The van der Waals surface area contributed by atoms with E-state index in [1.165, 1.54) is 7.05 Å². The molecule has 0 saturated carbocycles. The fourth-order valence-electron chi connectivity index (χ4n) is 2.73. The first kappa shape index (κ1) is 20.8. The molecule has 0 radical (unpaired) electrons. The van der Waals surface area contributed by atoms with Gasteiger partial charge in [0.05, 0.1) is 11.9 Å². The maximum absolute atomic E-state index is 12.4. The number of hydrogen-bond acceptors (Lipinski definition) is 4. The lowest BCUT2D eigenvalue weighted by molar-refractivity contribution is 0.0951. The molecule has 2 aromatic rings. The summed E-state index contributed by atoms with van der Waals surface area (Å²) in [4.78, 5) is 14.7. The molecule has 0 aliphatic carbocycles. The lowest BCUT2D eigenvalue weighted by Crippen LogP contribution is -2.26. The third kappa shape index (κ3) is 5.47. The fraction of sp³-hybridized carbons (Fsp3) is 0.350. The van der Waals surface area contributed by atoms with Gasteiger partial charge in [-0.2, -0.15) is 0 Å². The van der Waals surface area contributed by atoms with Gasteiger partial charge < -0.3 is 10.2 Å². The fourth-order valence-corrected chi connectivity index (χ4v) is 3.23. The number of benzene rings is 2. The van der Waals surface area contributed by atoms with Gasteiger partial charge in [0.15, 0.2) is 0 Å². The van der Waals surface area contributed by atoms with Gasteiger partial charge in [-0.05, 0) is 49.7 Å². The van der Waals surface area contributed by atoms with Crippen molar-refractivity contribution in [2.24, 2.45) is 0 Å². The van der Waals surface area contributed by atoms with Gasteiger partial charge in [0.25, 0.3) is 5.91 Å². The Labute approximate surface area is 161 Å². The first-order chi connectivity index (χ1) is 12.8. The van der Waals surface area contributed by atoms with Gasteiger partial charge in [-0.25, -0.2) is 8.42 Å². The van der Waals surface area contributed by atoms with Crippen LogP contribution in [-0.4, -0.2) is 40.7 Å². The third-order valence-corrected chi connectivity index (χ3v) is 5.69. The van der Waals surface area contributed by atoms with Crippen LogP contribution in [-0.2, 0) is 16.6 Å². The van der Waals surface area contributed by atoms with Gasteiger partial charge in [0.1, 0.15) is 0 Å². The first-order valence-electron chi connectivity index (χ1n) is 8.92. The van der Waals surface area contributed by atoms with E-state index >= 15 is 0 Å². The molecule has 7 heteroatoms. The van der Waals surface area contributed by atoms with Crippen molar-refractivity contribution in [1.29, 1.82) is 0 Å². The molecular weight excluding hydrogens is 362 g/mol. The summed E-state index contributed by atoms with van der Waals surface area (Å²) in [5.74, 6) is -0.244. The van der Waals surface area contributed by atoms with Gasteiger partial charge >= 0.3 is 0 Å². The minimum absolute atomic E-state index is 0.244. The largest absolute Gasteiger partial charge is 0.372 e. The van der Waals surface area contributed by atoms with Crippen molar-refractivity contribution in [1.82, 2.24) is 5.32 Å². The van der Waals surface area contributed by atoms with Gasteiger partial charge in [-0.15, -0.1) is 0 Å². The normalized spacial score (nSPS) is 11.1. The Hall–Kier alpha value is -2.54. The minimum atomic E-state index is -3.37. The van der Waals surface area contributed by atoms with E-state index in [4.69, 9.17) is 0 Å². The van der Waals surface area contributed by atoms with Crippen molar-refractivity contribution in [2.75, 3.05) is 35.6 Å². The quantitative estimate of drug-likeness (QED) is 0.754. The van der Waals surface area contributed by atoms with Crippen LogP contribution in [0, 0.1) is 0 Å². The molecule has 1 amide bonds. The standard InChI is InChI=1S/C20H27N3O3S/c1-5-23(6-2)18-12-10-16(11-13-18)15-21-20(24)17-8-7-9-19(14-17)22(3)27(4,25)26/h7-14H,5-6,15H2,1-4H3,(H,21,24). The van der Waals surface area contributed by atoms with Crippen LogP contribution >= 0.6 is 0 Å². The summed E-state index contributed by atoms with van der Waals surface area (Å²) in [6.45, 7) is 6.54. The van der Waals surface area contributed by atoms with E-state index in [1.54, 1.807) is 24.3 Å². The predicted octanol–water partition coefficient (Wildman–Crippen LogP) is 2.86. The highest BCUT2D eigenvalue weighted by Crippen LogP contribution is 2.18. The molecule has 1 N–H and O–H groups in total. The predicted molar refractivity (Wildman–Crippen MR) is 111 cm³/mol. The lowest BCUT2D eigenvalue weighted by Gasteiger charge is -2.21. The van der Waals surface area contributed by atoms with Crippen LogP contribution in [0.2, 0.25) is 0 Å². The highest BCUT2D eigenvalue weighted by Gasteiger charge is 2.14. The molecule has 2 aromatic carbocycles. The Morgan fingerprint density at radius 1 is 1.00 bits per heavy atom. The summed E-state index contributed by atoms with van der Waals surface area (Å²) in [7, 11) is -1.91. The molecule has 0 aliphatic rings. The summed E-state index contributed by atoms with van der Waals surface area (Å²) in [6, 6.07) is 14.7. The second-order valence-electron chi connectivity index (χ2n) is 6.30. The molecule has 0 atom stereocenters. The lowest BCUT2D eigenvalue weighted by atomic mass is 10.1. The van der Waals surface area contributed by atoms with E-state index in [0.29, 0.717) is 17.8 Å². The number of nitrogens with one attached hydrogen (secondary N) is 1. The van der Waals surface area contributed by atoms with Crippen LogP contribution in [0.25, 0.3) is 0 Å². The molecule has 0 spiro atoms. The maximum atomic E-state index is 12.4. The van der Waals surface area contributed by atoms with E-state index in [9.17, 15) is 13.2 Å². The third-order valence-electron chi connectivity index (χ3n) is 4.49. The Balaban J connectivity index is 2.04. The van der Waals surface area contributed by atoms with Crippen LogP contribution in [0.15, 0.2) is 48.5 Å². The topological polar surface area (TPSA) is 69.7 Å². The molecule has 0 aliphatic heterocycles. The highest BCUT2D eigenvalue weighted by molar-refractivity contribution is 7.92. The molecule has 6 nitrogen and oxygen atoms in total. The Kier molecular flexibility index (Phi) is 6.85. The summed E-state index contributed by atoms with van der Waals surface area (Å²) in [5, 5.41) is 2.88. The second-order valence-corrected chi connectivity index (χ2v) is 8.32. The number of nitrogens with zero attached hydrogens (tertiary/aromatic N) is 2. The van der Waals surface area contributed by atoms with Crippen molar-refractivity contribution in [2.45, 2.75) is 20.4 Å². The van der Waals surface area contributed by atoms with E-state index in [0.717, 1.165) is 34.9 Å². The van der Waals surface area contributed by atoms with E-state index in [2.05, 4.69) is 36.2 Å². The molecule has 2 rings (SSSR count). The number of carbonyl (C=O) groups excluding carboxylic acids is 1. The number of sulfonamides is 1. The molecule has 146 valence electrons. The Morgan fingerprint density at radius 2 is 1.63 bits per heavy atom. The van der Waals surface area contributed by atoms with Crippen LogP contribution < -0.4 is 14.5 Å². The second kappa shape index (κ2) is 8.90. The number of anilines is 2. The summed E-state index contributed by atoms with van der Waals surface area (Å²) < 4.78 is 24.5. The van der Waals surface area contributed by atoms with Gasteiger partial charge in [0, 0.05) is 37.9 Å². The van der Waals surface area contributed by atoms with Gasteiger partial charge in [-0.1, -0.05) is 18.2 Å². The molecular formula is C20H27N3O3S. The molecule has 0 saturated heterocycles. The van der Waals surface area contributed by atoms with E-state index < -0.39 is 10.0 Å². The van der Waals surface area contributed by atoms with Crippen LogP contribution in [0.4, 0.5) is 11.4 Å². The van der Waals surface area contributed by atoms with Crippen molar-refractivity contribution in [3.8, 4) is 0 Å². The van der Waals surface area contributed by atoms with Crippen molar-refractivity contribution in [3.63, 3.8) is 0 Å². The van der Waals surface area contributed by atoms with Gasteiger partial charge in [-0.3, -0.25) is 9.10 Å². The summed E-state index contributed by atoms with van der Waals surface area (Å²) in [5.41, 5.74) is 3.03. The maximum Gasteiger partial charge on any atom is 0.251 e. The Bertz CT molecular complexity index is 876.